The molecule has 0 aromatic heterocycles. The fraction of sp³-hybridized carbons (Fsp3) is 0.133. The molecule has 2 heteroatoms. The SMILES string of the molecule is Cc1cccc(C)c1C(=O)Nc1ccccc1. The van der Waals surface area contributed by atoms with E-state index in [-0.39, 0.29) is 5.91 Å². The Morgan fingerprint density at radius 1 is 0.882 bits per heavy atom. The topological polar surface area (TPSA) is 29.1 Å². The van der Waals surface area contributed by atoms with Crippen molar-refractivity contribution in [1.82, 2.24) is 0 Å². The molecule has 0 spiro atoms. The van der Waals surface area contributed by atoms with Gasteiger partial charge in [-0.05, 0) is 37.1 Å². The van der Waals surface area contributed by atoms with E-state index in [0.717, 1.165) is 22.4 Å². The number of carbonyl (C=O) groups is 1. The number of nitrogens with one attached hydrogen (secondary N) is 1. The minimum Gasteiger partial charge on any atom is -0.322 e. The van der Waals surface area contributed by atoms with Crippen LogP contribution in [0.3, 0.4) is 0 Å². The van der Waals surface area contributed by atoms with Gasteiger partial charge in [-0.25, -0.2) is 0 Å². The maximum Gasteiger partial charge on any atom is 0.256 e. The molecule has 17 heavy (non-hydrogen) atoms. The molecule has 0 fully saturated rings. The van der Waals surface area contributed by atoms with Gasteiger partial charge in [-0.1, -0.05) is 36.4 Å². The number of benzene rings is 2. The van der Waals surface area contributed by atoms with Crippen molar-refractivity contribution in [2.45, 2.75) is 13.8 Å². The zero-order valence-corrected chi connectivity index (χ0v) is 10.0. The van der Waals surface area contributed by atoms with Crippen molar-refractivity contribution in [3.8, 4) is 0 Å². The molecule has 2 rings (SSSR count). The third-order valence-corrected chi connectivity index (χ3v) is 2.74. The van der Waals surface area contributed by atoms with Crippen molar-refractivity contribution in [1.29, 1.82) is 0 Å². The van der Waals surface area contributed by atoms with Crippen molar-refractivity contribution in [3.05, 3.63) is 65.2 Å². The summed E-state index contributed by atoms with van der Waals surface area (Å²) in [5, 5.41) is 2.90. The third kappa shape index (κ3) is 2.53. The zero-order valence-electron chi connectivity index (χ0n) is 10.0. The van der Waals surface area contributed by atoms with Crippen LogP contribution in [0.1, 0.15) is 21.5 Å². The predicted octanol–water partition coefficient (Wildman–Crippen LogP) is 3.56. The number of hydrogen-bond acceptors (Lipinski definition) is 1. The Morgan fingerprint density at radius 3 is 2.06 bits per heavy atom. The number of carbonyl (C=O) groups excluding carboxylic acids is 1. The van der Waals surface area contributed by atoms with Gasteiger partial charge in [0.1, 0.15) is 0 Å². The highest BCUT2D eigenvalue weighted by Crippen LogP contribution is 2.15. The van der Waals surface area contributed by atoms with E-state index in [1.54, 1.807) is 0 Å². The molecule has 0 saturated carbocycles. The van der Waals surface area contributed by atoms with E-state index in [1.807, 2.05) is 62.4 Å². The molecule has 0 saturated heterocycles. The molecule has 0 heterocycles. The van der Waals surface area contributed by atoms with E-state index in [4.69, 9.17) is 0 Å². The van der Waals surface area contributed by atoms with E-state index in [9.17, 15) is 4.79 Å². The Morgan fingerprint density at radius 2 is 1.47 bits per heavy atom. The summed E-state index contributed by atoms with van der Waals surface area (Å²) in [6.07, 6.45) is 0. The normalized spacial score (nSPS) is 10.0. The molecule has 2 aromatic rings. The predicted molar refractivity (Wildman–Crippen MR) is 70.3 cm³/mol. The van der Waals surface area contributed by atoms with Gasteiger partial charge < -0.3 is 5.32 Å². The zero-order chi connectivity index (χ0) is 12.3. The van der Waals surface area contributed by atoms with E-state index < -0.39 is 0 Å². The Bertz CT molecular complexity index is 512. The van der Waals surface area contributed by atoms with Crippen LogP contribution in [0.25, 0.3) is 0 Å². The van der Waals surface area contributed by atoms with Gasteiger partial charge in [0, 0.05) is 11.3 Å². The lowest BCUT2D eigenvalue weighted by atomic mass is 10.0. The fourth-order valence-corrected chi connectivity index (χ4v) is 1.89. The molecule has 0 aliphatic rings. The standard InChI is InChI=1S/C15H15NO/c1-11-7-6-8-12(2)14(11)15(17)16-13-9-4-3-5-10-13/h3-10H,1-2H3,(H,16,17). The van der Waals surface area contributed by atoms with Crippen LogP contribution in [-0.2, 0) is 0 Å². The lowest BCUT2D eigenvalue weighted by Crippen LogP contribution is -2.14. The van der Waals surface area contributed by atoms with E-state index in [0.29, 0.717) is 0 Å². The van der Waals surface area contributed by atoms with Crippen molar-refractivity contribution in [2.75, 3.05) is 5.32 Å². The average molecular weight is 225 g/mol. The summed E-state index contributed by atoms with van der Waals surface area (Å²) in [5.74, 6) is -0.0493. The minimum absolute atomic E-state index is 0.0493. The van der Waals surface area contributed by atoms with E-state index >= 15 is 0 Å². The Kier molecular flexibility index (Phi) is 3.24. The number of anilines is 1. The van der Waals surface area contributed by atoms with Crippen LogP contribution in [0.5, 0.6) is 0 Å². The molecule has 2 nitrogen and oxygen atoms in total. The molecule has 86 valence electrons. The van der Waals surface area contributed by atoms with Crippen LogP contribution < -0.4 is 5.32 Å². The number of para-hydroxylation sites is 1. The van der Waals surface area contributed by atoms with Gasteiger partial charge >= 0.3 is 0 Å². The molecule has 0 aliphatic heterocycles. The summed E-state index contributed by atoms with van der Waals surface area (Å²) in [7, 11) is 0. The second kappa shape index (κ2) is 4.83. The van der Waals surface area contributed by atoms with Crippen molar-refractivity contribution < 1.29 is 4.79 Å². The van der Waals surface area contributed by atoms with Crippen molar-refractivity contribution >= 4 is 11.6 Å². The molecule has 0 unspecified atom stereocenters. The fourth-order valence-electron chi connectivity index (χ4n) is 1.89. The quantitative estimate of drug-likeness (QED) is 0.832. The van der Waals surface area contributed by atoms with Crippen LogP contribution in [0.15, 0.2) is 48.5 Å². The molecule has 1 amide bonds. The summed E-state index contributed by atoms with van der Waals surface area (Å²) in [4.78, 5) is 12.1. The summed E-state index contributed by atoms with van der Waals surface area (Å²) in [6, 6.07) is 15.4. The van der Waals surface area contributed by atoms with E-state index in [2.05, 4.69) is 5.32 Å². The van der Waals surface area contributed by atoms with Crippen LogP contribution >= 0.6 is 0 Å². The highest BCUT2D eigenvalue weighted by molar-refractivity contribution is 6.06. The van der Waals surface area contributed by atoms with Gasteiger partial charge in [0.2, 0.25) is 0 Å². The molecule has 0 radical (unpaired) electrons. The van der Waals surface area contributed by atoms with Gasteiger partial charge in [-0.2, -0.15) is 0 Å². The first-order chi connectivity index (χ1) is 8.18. The van der Waals surface area contributed by atoms with Crippen molar-refractivity contribution in [3.63, 3.8) is 0 Å². The first-order valence-corrected chi connectivity index (χ1v) is 5.61. The Hall–Kier alpha value is -2.09. The minimum atomic E-state index is -0.0493. The lowest BCUT2D eigenvalue weighted by molar-refractivity contribution is 0.102. The highest BCUT2D eigenvalue weighted by Gasteiger charge is 2.11. The maximum absolute atomic E-state index is 12.1. The number of aryl methyl sites for hydroxylation is 2. The van der Waals surface area contributed by atoms with Crippen LogP contribution in [0, 0.1) is 13.8 Å². The Balaban J connectivity index is 2.27. The first kappa shape index (κ1) is 11.4. The first-order valence-electron chi connectivity index (χ1n) is 5.61. The lowest BCUT2D eigenvalue weighted by Gasteiger charge is -2.10. The average Bonchev–Trinajstić information content (AvgIpc) is 2.30. The van der Waals surface area contributed by atoms with Gasteiger partial charge in [-0.15, -0.1) is 0 Å². The third-order valence-electron chi connectivity index (χ3n) is 2.74. The second-order valence-electron chi connectivity index (χ2n) is 4.09. The van der Waals surface area contributed by atoms with Crippen LogP contribution in [0.2, 0.25) is 0 Å². The second-order valence-corrected chi connectivity index (χ2v) is 4.09. The summed E-state index contributed by atoms with van der Waals surface area (Å²) < 4.78 is 0. The largest absolute Gasteiger partial charge is 0.322 e. The number of rotatable bonds is 2. The summed E-state index contributed by atoms with van der Waals surface area (Å²) >= 11 is 0. The number of amides is 1. The van der Waals surface area contributed by atoms with Gasteiger partial charge in [0.15, 0.2) is 0 Å². The molecule has 1 N–H and O–H groups in total. The molecule has 0 atom stereocenters. The Labute approximate surface area is 101 Å². The monoisotopic (exact) mass is 225 g/mol. The summed E-state index contributed by atoms with van der Waals surface area (Å²) in [5.41, 5.74) is 3.58. The van der Waals surface area contributed by atoms with Crippen LogP contribution in [-0.4, -0.2) is 5.91 Å². The molecule has 0 aliphatic carbocycles. The smallest absolute Gasteiger partial charge is 0.256 e. The van der Waals surface area contributed by atoms with Gasteiger partial charge in [0.05, 0.1) is 0 Å². The highest BCUT2D eigenvalue weighted by atomic mass is 16.1. The van der Waals surface area contributed by atoms with Crippen molar-refractivity contribution in [2.24, 2.45) is 0 Å². The molecular weight excluding hydrogens is 210 g/mol. The van der Waals surface area contributed by atoms with Gasteiger partial charge in [0.25, 0.3) is 5.91 Å². The summed E-state index contributed by atoms with van der Waals surface area (Å²) in [6.45, 7) is 3.90. The molecule has 0 bridgehead atoms. The van der Waals surface area contributed by atoms with Crippen LogP contribution in [0.4, 0.5) is 5.69 Å². The number of hydrogen-bond donors (Lipinski definition) is 1. The van der Waals surface area contributed by atoms with Gasteiger partial charge in [-0.3, -0.25) is 4.79 Å². The maximum atomic E-state index is 12.1. The van der Waals surface area contributed by atoms with E-state index in [1.165, 1.54) is 0 Å². The molecular formula is C15H15NO. The molecule has 2 aromatic carbocycles.